The molecular weight excluding hydrogens is 444 g/mol. The minimum absolute atomic E-state index is 0.000829. The fourth-order valence-corrected chi connectivity index (χ4v) is 6.52. The number of carbonyl (C=O) groups is 1. The summed E-state index contributed by atoms with van der Waals surface area (Å²) in [6.07, 6.45) is 12.9. The van der Waals surface area contributed by atoms with Crippen LogP contribution in [-0.2, 0) is 17.8 Å². The number of hydrogen-bond donors (Lipinski definition) is 1. The molecule has 1 N–H and O–H groups in total. The van der Waals surface area contributed by atoms with Crippen molar-refractivity contribution in [2.75, 3.05) is 5.32 Å². The van der Waals surface area contributed by atoms with E-state index in [0.717, 1.165) is 23.1 Å². The van der Waals surface area contributed by atoms with Gasteiger partial charge in [-0.1, -0.05) is 0 Å². The molecule has 4 aliphatic carbocycles. The van der Waals surface area contributed by atoms with Gasteiger partial charge in [-0.2, -0.15) is 5.10 Å². The van der Waals surface area contributed by atoms with Crippen molar-refractivity contribution in [3.63, 3.8) is 0 Å². The molecule has 0 aromatic carbocycles. The van der Waals surface area contributed by atoms with Crippen LogP contribution in [0, 0.1) is 23.7 Å². The van der Waals surface area contributed by atoms with Crippen LogP contribution < -0.4 is 10.9 Å². The summed E-state index contributed by atoms with van der Waals surface area (Å²) in [6.45, 7) is 0.000829. The lowest BCUT2D eigenvalue weighted by atomic mass is 9.54. The fraction of sp³-hybridized carbons (Fsp3) is 0.565. The van der Waals surface area contributed by atoms with Crippen molar-refractivity contribution in [2.45, 2.75) is 57.5 Å². The molecule has 0 radical (unpaired) electrons. The summed E-state index contributed by atoms with van der Waals surface area (Å²) in [7, 11) is 0. The summed E-state index contributed by atoms with van der Waals surface area (Å²) in [5, 5.41) is 7.94. The van der Waals surface area contributed by atoms with Crippen LogP contribution in [-0.4, -0.2) is 26.6 Å². The van der Waals surface area contributed by atoms with E-state index in [-0.39, 0.29) is 17.9 Å². The highest BCUT2D eigenvalue weighted by molar-refractivity contribution is 9.10. The average molecular weight is 471 g/mol. The first kappa shape index (κ1) is 19.9. The fourth-order valence-electron chi connectivity index (χ4n) is 6.10. The molecule has 158 valence electrons. The van der Waals surface area contributed by atoms with Crippen LogP contribution in [0.25, 0.3) is 0 Å². The molecule has 0 amide bonds. The predicted octanol–water partition coefficient (Wildman–Crippen LogP) is 3.84. The summed E-state index contributed by atoms with van der Waals surface area (Å²) >= 11 is 3.47. The number of hydrogen-bond acceptors (Lipinski definition) is 5. The molecule has 4 aliphatic rings. The maximum atomic E-state index is 12.8. The van der Waals surface area contributed by atoms with Crippen LogP contribution in [0.2, 0.25) is 0 Å². The van der Waals surface area contributed by atoms with E-state index >= 15 is 0 Å². The summed E-state index contributed by atoms with van der Waals surface area (Å²) in [5.74, 6) is 3.25. The maximum Gasteiger partial charge on any atom is 0.283 e. The van der Waals surface area contributed by atoms with Crippen molar-refractivity contribution in [3.8, 4) is 0 Å². The first-order valence-electron chi connectivity index (χ1n) is 11.0. The Hall–Kier alpha value is -2.02. The van der Waals surface area contributed by atoms with E-state index in [1.54, 1.807) is 18.6 Å². The second-order valence-corrected chi connectivity index (χ2v) is 10.1. The number of pyridine rings is 1. The minimum atomic E-state index is -0.249. The Morgan fingerprint density at radius 3 is 2.43 bits per heavy atom. The van der Waals surface area contributed by atoms with Crippen LogP contribution >= 0.6 is 15.9 Å². The second kappa shape index (κ2) is 8.25. The summed E-state index contributed by atoms with van der Waals surface area (Å²) < 4.78 is 1.74. The molecule has 4 bridgehead atoms. The van der Waals surface area contributed by atoms with Gasteiger partial charge in [0.15, 0.2) is 5.78 Å². The largest absolute Gasteiger partial charge is 0.379 e. The first-order chi connectivity index (χ1) is 14.6. The molecule has 4 saturated carbocycles. The molecule has 0 saturated heterocycles. The van der Waals surface area contributed by atoms with Gasteiger partial charge < -0.3 is 5.32 Å². The highest BCUT2D eigenvalue weighted by Crippen LogP contribution is 2.54. The smallest absolute Gasteiger partial charge is 0.283 e. The van der Waals surface area contributed by atoms with E-state index in [1.807, 2.05) is 12.1 Å². The van der Waals surface area contributed by atoms with Crippen molar-refractivity contribution in [1.82, 2.24) is 14.8 Å². The number of halogens is 1. The van der Waals surface area contributed by atoms with Gasteiger partial charge in [-0.15, -0.1) is 0 Å². The van der Waals surface area contributed by atoms with E-state index in [2.05, 4.69) is 31.3 Å². The average Bonchev–Trinajstić information content (AvgIpc) is 2.74. The van der Waals surface area contributed by atoms with Crippen molar-refractivity contribution in [3.05, 3.63) is 51.1 Å². The number of nitrogens with zero attached hydrogens (tertiary/aromatic N) is 3. The maximum absolute atomic E-state index is 12.8. The lowest BCUT2D eigenvalue weighted by Crippen LogP contribution is -2.51. The molecule has 7 heteroatoms. The number of aromatic nitrogens is 3. The van der Waals surface area contributed by atoms with Crippen molar-refractivity contribution in [2.24, 2.45) is 23.7 Å². The molecule has 2 aromatic rings. The summed E-state index contributed by atoms with van der Waals surface area (Å²) in [4.78, 5) is 29.2. The molecule has 6 nitrogen and oxygen atoms in total. The van der Waals surface area contributed by atoms with Gasteiger partial charge in [0.2, 0.25) is 0 Å². The van der Waals surface area contributed by atoms with E-state index in [4.69, 9.17) is 0 Å². The van der Waals surface area contributed by atoms with Gasteiger partial charge in [0, 0.05) is 24.9 Å². The van der Waals surface area contributed by atoms with Gasteiger partial charge in [0.05, 0.1) is 11.9 Å². The number of rotatable bonds is 7. The first-order valence-corrected chi connectivity index (χ1v) is 11.8. The third-order valence-corrected chi connectivity index (χ3v) is 8.07. The van der Waals surface area contributed by atoms with Crippen LogP contribution in [0.5, 0.6) is 0 Å². The van der Waals surface area contributed by atoms with Gasteiger partial charge in [0.25, 0.3) is 5.56 Å². The van der Waals surface area contributed by atoms with Gasteiger partial charge in [-0.25, -0.2) is 4.68 Å². The van der Waals surface area contributed by atoms with Gasteiger partial charge >= 0.3 is 0 Å². The third kappa shape index (κ3) is 3.96. The molecular formula is C23H27BrN4O2. The number of Topliss-reactive ketones (excluding diaryl/α,β-unsaturated/α-hetero) is 1. The lowest BCUT2D eigenvalue weighted by molar-refractivity contribution is -0.119. The predicted molar refractivity (Wildman–Crippen MR) is 118 cm³/mol. The van der Waals surface area contributed by atoms with Crippen molar-refractivity contribution in [1.29, 1.82) is 0 Å². The topological polar surface area (TPSA) is 76.9 Å². The molecule has 0 atom stereocenters. The van der Waals surface area contributed by atoms with Gasteiger partial charge in [-0.05, 0) is 95.8 Å². The van der Waals surface area contributed by atoms with E-state index in [1.165, 1.54) is 36.8 Å². The van der Waals surface area contributed by atoms with Gasteiger partial charge in [0.1, 0.15) is 11.0 Å². The normalized spacial score (nSPS) is 29.2. The molecule has 2 heterocycles. The Morgan fingerprint density at radius 1 is 1.10 bits per heavy atom. The third-order valence-electron chi connectivity index (χ3n) is 7.30. The SMILES string of the molecule is O=C(CCc1ccncc1)Cn1ncc(NC2C3CC4CC(C3)CC2C4)c(Br)c1=O. The molecule has 2 aromatic heterocycles. The Balaban J connectivity index is 1.24. The van der Waals surface area contributed by atoms with E-state index in [9.17, 15) is 9.59 Å². The van der Waals surface area contributed by atoms with Gasteiger partial charge in [-0.3, -0.25) is 14.6 Å². The molecule has 0 unspecified atom stereocenters. The van der Waals surface area contributed by atoms with E-state index in [0.29, 0.717) is 35.2 Å². The summed E-state index contributed by atoms with van der Waals surface area (Å²) in [5.41, 5.74) is 1.58. The highest BCUT2D eigenvalue weighted by Gasteiger charge is 2.48. The molecule has 0 spiro atoms. The second-order valence-electron chi connectivity index (χ2n) is 9.33. The number of anilines is 1. The Labute approximate surface area is 184 Å². The molecule has 4 fully saturated rings. The van der Waals surface area contributed by atoms with E-state index < -0.39 is 0 Å². The van der Waals surface area contributed by atoms with Crippen LogP contribution in [0.1, 0.15) is 44.1 Å². The molecule has 30 heavy (non-hydrogen) atoms. The lowest BCUT2D eigenvalue weighted by Gasteiger charge is -2.54. The summed E-state index contributed by atoms with van der Waals surface area (Å²) in [6, 6.07) is 4.24. The van der Waals surface area contributed by atoms with Crippen LogP contribution in [0.15, 0.2) is 40.0 Å². The number of nitrogens with one attached hydrogen (secondary N) is 1. The zero-order chi connectivity index (χ0) is 20.7. The Bertz CT molecular complexity index is 962. The monoisotopic (exact) mass is 470 g/mol. The quantitative estimate of drug-likeness (QED) is 0.664. The van der Waals surface area contributed by atoms with Crippen molar-refractivity contribution < 1.29 is 4.79 Å². The molecule has 0 aliphatic heterocycles. The minimum Gasteiger partial charge on any atom is -0.379 e. The standard InChI is InChI=1S/C23H27BrN4O2/c24-21-20(27-22-17-8-15-7-16(10-17)11-18(22)9-15)12-26-28(23(21)30)13-19(29)2-1-14-3-5-25-6-4-14/h3-6,12,15-18,22,27H,1-2,7-11,13H2. The Kier molecular flexibility index (Phi) is 5.48. The number of carbonyl (C=O) groups excluding carboxylic acids is 1. The zero-order valence-electron chi connectivity index (χ0n) is 17.0. The Morgan fingerprint density at radius 2 is 1.77 bits per heavy atom. The number of aryl methyl sites for hydroxylation is 1. The zero-order valence-corrected chi connectivity index (χ0v) is 18.6. The highest BCUT2D eigenvalue weighted by atomic mass is 79.9. The van der Waals surface area contributed by atoms with Crippen LogP contribution in [0.4, 0.5) is 5.69 Å². The van der Waals surface area contributed by atoms with Crippen molar-refractivity contribution >= 4 is 27.4 Å². The molecule has 6 rings (SSSR count). The number of ketones is 1. The van der Waals surface area contributed by atoms with Crippen LogP contribution in [0.3, 0.4) is 0 Å².